The lowest BCUT2D eigenvalue weighted by Crippen LogP contribution is -2.42. The zero-order chi connectivity index (χ0) is 17.7. The lowest BCUT2D eigenvalue weighted by Gasteiger charge is -2.27. The molecule has 0 heterocycles. The van der Waals surface area contributed by atoms with Gasteiger partial charge in [0, 0.05) is 26.1 Å². The number of benzene rings is 1. The fourth-order valence-corrected chi connectivity index (χ4v) is 4.38. The van der Waals surface area contributed by atoms with Crippen molar-refractivity contribution in [3.8, 4) is 5.75 Å². The molecule has 1 aliphatic carbocycles. The highest BCUT2D eigenvalue weighted by molar-refractivity contribution is 7.89. The fraction of sp³-hybridized carbons (Fsp3) is 0.562. The zero-order valence-corrected chi connectivity index (χ0v) is 15.5. The van der Waals surface area contributed by atoms with Crippen molar-refractivity contribution in [3.63, 3.8) is 0 Å². The first kappa shape index (κ1) is 19.0. The van der Waals surface area contributed by atoms with Gasteiger partial charge in [-0.15, -0.1) is 0 Å². The number of hydrogen-bond acceptors (Lipinski definition) is 4. The van der Waals surface area contributed by atoms with Crippen LogP contribution in [-0.4, -0.2) is 45.5 Å². The summed E-state index contributed by atoms with van der Waals surface area (Å²) in [6, 6.07) is 4.52. The van der Waals surface area contributed by atoms with Crippen LogP contribution in [0.5, 0.6) is 5.75 Å². The fourth-order valence-electron chi connectivity index (χ4n) is 3.01. The number of halogens is 1. The van der Waals surface area contributed by atoms with Crippen LogP contribution in [0, 0.1) is 0 Å². The Morgan fingerprint density at radius 2 is 2.04 bits per heavy atom. The summed E-state index contributed by atoms with van der Waals surface area (Å²) in [5.74, 6) is 0.396. The van der Waals surface area contributed by atoms with Crippen molar-refractivity contribution in [2.75, 3.05) is 20.2 Å². The number of nitrogens with one attached hydrogen (secondary N) is 1. The summed E-state index contributed by atoms with van der Waals surface area (Å²) in [5.41, 5.74) is 0. The number of hydrogen-bond donors (Lipinski definition) is 1. The summed E-state index contributed by atoms with van der Waals surface area (Å²) in [6.45, 7) is 2.06. The highest BCUT2D eigenvalue weighted by Gasteiger charge is 2.25. The van der Waals surface area contributed by atoms with Crippen LogP contribution in [0.2, 0.25) is 5.02 Å². The Kier molecular flexibility index (Phi) is 6.48. The third-order valence-corrected chi connectivity index (χ3v) is 6.00. The number of nitrogens with zero attached hydrogens (tertiary/aromatic N) is 1. The first-order valence-corrected chi connectivity index (χ1v) is 9.81. The van der Waals surface area contributed by atoms with Crippen molar-refractivity contribution < 1.29 is 17.9 Å². The molecule has 134 valence electrons. The van der Waals surface area contributed by atoms with E-state index in [-0.39, 0.29) is 28.4 Å². The molecule has 1 aromatic carbocycles. The molecule has 0 atom stereocenters. The van der Waals surface area contributed by atoms with Crippen LogP contribution in [0.15, 0.2) is 23.1 Å². The van der Waals surface area contributed by atoms with Gasteiger partial charge in [-0.05, 0) is 31.0 Å². The summed E-state index contributed by atoms with van der Waals surface area (Å²) in [6.07, 6.45) is 4.20. The largest absolute Gasteiger partial charge is 0.495 e. The van der Waals surface area contributed by atoms with E-state index in [9.17, 15) is 13.2 Å². The third kappa shape index (κ3) is 4.62. The molecule has 1 aliphatic rings. The number of carbonyl (C=O) groups is 1. The SMILES string of the molecule is COc1ccc(S(=O)(=O)NCCN(C(C)=O)C2CCCC2)cc1Cl. The van der Waals surface area contributed by atoms with Crippen LogP contribution in [0.1, 0.15) is 32.6 Å². The van der Waals surface area contributed by atoms with Gasteiger partial charge in [0.05, 0.1) is 17.0 Å². The molecule has 0 bridgehead atoms. The van der Waals surface area contributed by atoms with Gasteiger partial charge in [0.25, 0.3) is 0 Å². The molecule has 2 rings (SSSR count). The molecule has 1 N–H and O–H groups in total. The molecule has 6 nitrogen and oxygen atoms in total. The molecule has 0 aromatic heterocycles. The zero-order valence-electron chi connectivity index (χ0n) is 13.9. The van der Waals surface area contributed by atoms with Gasteiger partial charge in [0.2, 0.25) is 15.9 Å². The van der Waals surface area contributed by atoms with Crippen molar-refractivity contribution in [1.29, 1.82) is 0 Å². The topological polar surface area (TPSA) is 75.7 Å². The van der Waals surface area contributed by atoms with E-state index in [0.29, 0.717) is 12.3 Å². The summed E-state index contributed by atoms with van der Waals surface area (Å²) in [4.78, 5) is 13.6. The monoisotopic (exact) mass is 374 g/mol. The van der Waals surface area contributed by atoms with E-state index in [1.165, 1.54) is 32.2 Å². The van der Waals surface area contributed by atoms with Crippen LogP contribution < -0.4 is 9.46 Å². The van der Waals surface area contributed by atoms with E-state index in [2.05, 4.69) is 4.72 Å². The molecule has 0 aliphatic heterocycles. The van der Waals surface area contributed by atoms with Gasteiger partial charge in [-0.1, -0.05) is 24.4 Å². The third-order valence-electron chi connectivity index (χ3n) is 4.25. The minimum atomic E-state index is -3.68. The smallest absolute Gasteiger partial charge is 0.240 e. The number of methoxy groups -OCH3 is 1. The standard InChI is InChI=1S/C16H23ClN2O4S/c1-12(20)19(13-5-3-4-6-13)10-9-18-24(21,22)14-7-8-16(23-2)15(17)11-14/h7-8,11,13,18H,3-6,9-10H2,1-2H3. The highest BCUT2D eigenvalue weighted by atomic mass is 35.5. The number of amides is 1. The first-order chi connectivity index (χ1) is 11.3. The number of sulfonamides is 1. The second-order valence-corrected chi connectivity index (χ2v) is 8.02. The predicted molar refractivity (Wildman–Crippen MR) is 92.8 cm³/mol. The minimum Gasteiger partial charge on any atom is -0.495 e. The Morgan fingerprint density at radius 3 is 2.58 bits per heavy atom. The molecular formula is C16H23ClN2O4S. The second kappa shape index (κ2) is 8.18. The van der Waals surface area contributed by atoms with Crippen molar-refractivity contribution in [2.45, 2.75) is 43.5 Å². The molecule has 0 radical (unpaired) electrons. The summed E-state index contributed by atoms with van der Waals surface area (Å²) < 4.78 is 32.2. The summed E-state index contributed by atoms with van der Waals surface area (Å²) >= 11 is 5.98. The van der Waals surface area contributed by atoms with E-state index in [1.54, 1.807) is 4.90 Å². The molecular weight excluding hydrogens is 352 g/mol. The van der Waals surface area contributed by atoms with Crippen LogP contribution >= 0.6 is 11.6 Å². The highest BCUT2D eigenvalue weighted by Crippen LogP contribution is 2.27. The van der Waals surface area contributed by atoms with E-state index >= 15 is 0 Å². The van der Waals surface area contributed by atoms with Crippen LogP contribution in [0.4, 0.5) is 0 Å². The molecule has 1 amide bonds. The normalized spacial score (nSPS) is 15.5. The van der Waals surface area contributed by atoms with Gasteiger partial charge >= 0.3 is 0 Å². The number of ether oxygens (including phenoxy) is 1. The van der Waals surface area contributed by atoms with Gasteiger partial charge < -0.3 is 9.64 Å². The lowest BCUT2D eigenvalue weighted by molar-refractivity contribution is -0.130. The van der Waals surface area contributed by atoms with Gasteiger partial charge in [0.1, 0.15) is 5.75 Å². The Balaban J connectivity index is 1.99. The number of rotatable bonds is 7. The van der Waals surface area contributed by atoms with Crippen molar-refractivity contribution in [3.05, 3.63) is 23.2 Å². The van der Waals surface area contributed by atoms with Crippen LogP contribution in [0.25, 0.3) is 0 Å². The predicted octanol–water partition coefficient (Wildman–Crippen LogP) is 2.42. The van der Waals surface area contributed by atoms with Crippen molar-refractivity contribution in [1.82, 2.24) is 9.62 Å². The Morgan fingerprint density at radius 1 is 1.38 bits per heavy atom. The summed E-state index contributed by atoms with van der Waals surface area (Å²) in [7, 11) is -2.22. The Bertz CT molecular complexity index is 687. The quantitative estimate of drug-likeness (QED) is 0.795. The second-order valence-electron chi connectivity index (χ2n) is 5.84. The molecule has 1 saturated carbocycles. The average Bonchev–Trinajstić information content (AvgIpc) is 3.05. The maximum absolute atomic E-state index is 12.3. The first-order valence-electron chi connectivity index (χ1n) is 7.95. The van der Waals surface area contributed by atoms with Gasteiger partial charge in [-0.2, -0.15) is 0 Å². The summed E-state index contributed by atoms with van der Waals surface area (Å²) in [5, 5.41) is 0.233. The van der Waals surface area contributed by atoms with Gasteiger partial charge in [-0.25, -0.2) is 13.1 Å². The average molecular weight is 375 g/mol. The van der Waals surface area contributed by atoms with Crippen molar-refractivity contribution >= 4 is 27.5 Å². The molecule has 0 saturated heterocycles. The molecule has 0 unspecified atom stereocenters. The van der Waals surface area contributed by atoms with E-state index in [4.69, 9.17) is 16.3 Å². The molecule has 24 heavy (non-hydrogen) atoms. The van der Waals surface area contributed by atoms with E-state index < -0.39 is 10.0 Å². The maximum atomic E-state index is 12.3. The van der Waals surface area contributed by atoms with Crippen molar-refractivity contribution in [2.24, 2.45) is 0 Å². The Hall–Kier alpha value is -1.31. The molecule has 1 aromatic rings. The number of carbonyl (C=O) groups excluding carboxylic acids is 1. The lowest BCUT2D eigenvalue weighted by atomic mass is 10.2. The van der Waals surface area contributed by atoms with E-state index in [0.717, 1.165) is 25.7 Å². The minimum absolute atomic E-state index is 0.0198. The van der Waals surface area contributed by atoms with E-state index in [1.807, 2.05) is 0 Å². The Labute approximate surface area is 148 Å². The molecule has 0 spiro atoms. The van der Waals surface area contributed by atoms with Gasteiger partial charge in [-0.3, -0.25) is 4.79 Å². The maximum Gasteiger partial charge on any atom is 0.240 e. The molecule has 1 fully saturated rings. The molecule has 8 heteroatoms. The van der Waals surface area contributed by atoms with Crippen LogP contribution in [-0.2, 0) is 14.8 Å². The van der Waals surface area contributed by atoms with Crippen LogP contribution in [0.3, 0.4) is 0 Å². The van der Waals surface area contributed by atoms with Gasteiger partial charge in [0.15, 0.2) is 0 Å².